The lowest BCUT2D eigenvalue weighted by Gasteiger charge is -2.18. The van der Waals surface area contributed by atoms with Crippen LogP contribution in [-0.4, -0.2) is 49.2 Å². The Morgan fingerprint density at radius 3 is 2.69 bits per heavy atom. The van der Waals surface area contributed by atoms with E-state index in [0.717, 1.165) is 37.2 Å². The van der Waals surface area contributed by atoms with Gasteiger partial charge in [0.1, 0.15) is 6.10 Å². The Labute approximate surface area is 189 Å². The van der Waals surface area contributed by atoms with Crippen LogP contribution in [0.1, 0.15) is 32.3 Å². The fraction of sp³-hybridized carbons (Fsp3) is 0.417. The van der Waals surface area contributed by atoms with Crippen molar-refractivity contribution in [3.63, 3.8) is 0 Å². The highest BCUT2D eigenvalue weighted by molar-refractivity contribution is 5.89. The number of para-hydroxylation sites is 1. The first-order valence-electron chi connectivity index (χ1n) is 11.1. The van der Waals surface area contributed by atoms with E-state index in [0.29, 0.717) is 25.6 Å². The minimum absolute atomic E-state index is 0.0537. The molecular formula is C24H32FN5O2. The van der Waals surface area contributed by atoms with E-state index in [-0.39, 0.29) is 23.7 Å². The summed E-state index contributed by atoms with van der Waals surface area (Å²) in [6.45, 7) is 7.11. The molecule has 2 amide bonds. The van der Waals surface area contributed by atoms with E-state index >= 15 is 0 Å². The molecule has 1 fully saturated rings. The summed E-state index contributed by atoms with van der Waals surface area (Å²) in [6, 6.07) is 14.0. The van der Waals surface area contributed by atoms with Crippen molar-refractivity contribution in [2.24, 2.45) is 4.99 Å². The van der Waals surface area contributed by atoms with Crippen molar-refractivity contribution in [1.29, 1.82) is 0 Å². The summed E-state index contributed by atoms with van der Waals surface area (Å²) in [5.74, 6) is 0.496. The number of halogens is 1. The number of nitrogens with zero attached hydrogens (tertiary/aromatic N) is 2. The molecule has 1 aliphatic rings. The van der Waals surface area contributed by atoms with Gasteiger partial charge in [-0.2, -0.15) is 0 Å². The van der Waals surface area contributed by atoms with Crippen LogP contribution in [0.4, 0.5) is 14.9 Å². The average Bonchev–Trinajstić information content (AvgIpc) is 3.33. The number of hydrogen-bond donors (Lipinski definition) is 3. The molecule has 2 aromatic rings. The molecule has 1 atom stereocenters. The van der Waals surface area contributed by atoms with Crippen LogP contribution in [-0.2, 0) is 6.54 Å². The highest BCUT2D eigenvalue weighted by Gasteiger charge is 2.17. The van der Waals surface area contributed by atoms with Gasteiger partial charge in [-0.1, -0.05) is 24.3 Å². The number of carbonyl (C=O) groups is 1. The molecule has 8 heteroatoms. The molecule has 1 heterocycles. The predicted octanol–water partition coefficient (Wildman–Crippen LogP) is 3.98. The second-order valence-electron chi connectivity index (χ2n) is 7.76. The van der Waals surface area contributed by atoms with Gasteiger partial charge in [-0.25, -0.2) is 14.2 Å². The number of carbonyl (C=O) groups excluding carboxylic acids is 1. The second-order valence-corrected chi connectivity index (χ2v) is 7.76. The lowest BCUT2D eigenvalue weighted by molar-refractivity contribution is 0.214. The minimum Gasteiger partial charge on any atom is -0.486 e. The molecule has 0 spiro atoms. The Balaban J connectivity index is 1.53. The first kappa shape index (κ1) is 23.4. The van der Waals surface area contributed by atoms with Crippen LogP contribution in [0.25, 0.3) is 0 Å². The third kappa shape index (κ3) is 7.14. The number of guanidine groups is 1. The molecule has 3 N–H and O–H groups in total. The normalized spacial score (nSPS) is 14.7. The number of likely N-dealkylation sites (tertiary alicyclic amines) is 1. The van der Waals surface area contributed by atoms with Gasteiger partial charge in [-0.15, -0.1) is 0 Å². The SMILES string of the molecule is CCNC(=NCc1cccc(NC(=O)N2CCCC2)c1)NCC(C)Oc1ccccc1F. The smallest absolute Gasteiger partial charge is 0.321 e. The number of aliphatic imine (C=N–C) groups is 1. The predicted molar refractivity (Wildman–Crippen MR) is 126 cm³/mol. The standard InChI is InChI=1S/C24H32FN5O2/c1-3-26-23(27-16-18(2)32-22-12-5-4-11-21(22)25)28-17-19-9-8-10-20(15-19)29-24(31)30-13-6-7-14-30/h4-5,8-12,15,18H,3,6-7,13-14,16-17H2,1-2H3,(H,29,31)(H2,26,27,28). The molecule has 172 valence electrons. The zero-order chi connectivity index (χ0) is 22.8. The molecule has 3 rings (SSSR count). The summed E-state index contributed by atoms with van der Waals surface area (Å²) in [5.41, 5.74) is 1.75. The summed E-state index contributed by atoms with van der Waals surface area (Å²) in [7, 11) is 0. The van der Waals surface area contributed by atoms with Crippen molar-refractivity contribution < 1.29 is 13.9 Å². The van der Waals surface area contributed by atoms with Crippen molar-refractivity contribution >= 4 is 17.7 Å². The van der Waals surface area contributed by atoms with Gasteiger partial charge in [0.25, 0.3) is 0 Å². The van der Waals surface area contributed by atoms with Gasteiger partial charge in [-0.05, 0) is 56.5 Å². The maximum atomic E-state index is 13.8. The van der Waals surface area contributed by atoms with Crippen LogP contribution in [0.3, 0.4) is 0 Å². The summed E-state index contributed by atoms with van der Waals surface area (Å²) < 4.78 is 19.4. The van der Waals surface area contributed by atoms with Gasteiger partial charge in [0.05, 0.1) is 13.1 Å². The largest absolute Gasteiger partial charge is 0.486 e. The van der Waals surface area contributed by atoms with E-state index in [9.17, 15) is 9.18 Å². The zero-order valence-electron chi connectivity index (χ0n) is 18.7. The molecule has 1 saturated heterocycles. The number of nitrogens with one attached hydrogen (secondary N) is 3. The first-order chi connectivity index (χ1) is 15.5. The third-order valence-corrected chi connectivity index (χ3v) is 5.06. The summed E-state index contributed by atoms with van der Waals surface area (Å²) in [6.07, 6.45) is 1.87. The molecule has 32 heavy (non-hydrogen) atoms. The van der Waals surface area contributed by atoms with Gasteiger partial charge < -0.3 is 25.6 Å². The first-order valence-corrected chi connectivity index (χ1v) is 11.1. The molecule has 7 nitrogen and oxygen atoms in total. The van der Waals surface area contributed by atoms with Gasteiger partial charge in [0, 0.05) is 25.3 Å². The number of hydrogen-bond acceptors (Lipinski definition) is 3. The maximum absolute atomic E-state index is 13.8. The number of urea groups is 1. The van der Waals surface area contributed by atoms with Crippen LogP contribution in [0.5, 0.6) is 5.75 Å². The number of ether oxygens (including phenoxy) is 1. The lowest BCUT2D eigenvalue weighted by atomic mass is 10.2. The van der Waals surface area contributed by atoms with Gasteiger partial charge >= 0.3 is 6.03 Å². The Bertz CT molecular complexity index is 915. The molecule has 0 saturated carbocycles. The van der Waals surface area contributed by atoms with E-state index in [1.807, 2.05) is 43.0 Å². The number of anilines is 1. The van der Waals surface area contributed by atoms with E-state index in [4.69, 9.17) is 4.74 Å². The van der Waals surface area contributed by atoms with Crippen LogP contribution in [0, 0.1) is 5.82 Å². The van der Waals surface area contributed by atoms with Crippen molar-refractivity contribution in [2.45, 2.75) is 39.3 Å². The van der Waals surface area contributed by atoms with E-state index in [2.05, 4.69) is 20.9 Å². The summed E-state index contributed by atoms with van der Waals surface area (Å²) in [5, 5.41) is 9.39. The summed E-state index contributed by atoms with van der Waals surface area (Å²) in [4.78, 5) is 18.8. The van der Waals surface area contributed by atoms with Crippen LogP contribution < -0.4 is 20.7 Å². The van der Waals surface area contributed by atoms with Gasteiger partial charge in [0.2, 0.25) is 0 Å². The second kappa shape index (κ2) is 11.9. The highest BCUT2D eigenvalue weighted by Crippen LogP contribution is 2.17. The fourth-order valence-corrected chi connectivity index (χ4v) is 3.42. The third-order valence-electron chi connectivity index (χ3n) is 5.06. The monoisotopic (exact) mass is 441 g/mol. The molecule has 0 radical (unpaired) electrons. The number of rotatable bonds is 8. The fourth-order valence-electron chi connectivity index (χ4n) is 3.42. The average molecular weight is 442 g/mol. The Hall–Kier alpha value is -3.29. The van der Waals surface area contributed by atoms with Gasteiger partial charge in [0.15, 0.2) is 17.5 Å². The van der Waals surface area contributed by atoms with Crippen molar-refractivity contribution in [2.75, 3.05) is 31.5 Å². The summed E-state index contributed by atoms with van der Waals surface area (Å²) >= 11 is 0. The molecule has 1 aliphatic heterocycles. The zero-order valence-corrected chi connectivity index (χ0v) is 18.7. The van der Waals surface area contributed by atoms with E-state index in [1.165, 1.54) is 6.07 Å². The number of benzene rings is 2. The Morgan fingerprint density at radius 2 is 1.94 bits per heavy atom. The highest BCUT2D eigenvalue weighted by atomic mass is 19.1. The molecule has 1 unspecified atom stereocenters. The van der Waals surface area contributed by atoms with Crippen LogP contribution in [0.15, 0.2) is 53.5 Å². The topological polar surface area (TPSA) is 78.0 Å². The molecule has 2 aromatic carbocycles. The molecule has 0 aliphatic carbocycles. The van der Waals surface area contributed by atoms with Crippen LogP contribution in [0.2, 0.25) is 0 Å². The maximum Gasteiger partial charge on any atom is 0.321 e. The molecular weight excluding hydrogens is 409 g/mol. The van der Waals surface area contributed by atoms with Gasteiger partial charge in [-0.3, -0.25) is 0 Å². The molecule has 0 aromatic heterocycles. The lowest BCUT2D eigenvalue weighted by Crippen LogP contribution is -2.41. The molecule has 0 bridgehead atoms. The quantitative estimate of drug-likeness (QED) is 0.428. The Morgan fingerprint density at radius 1 is 1.16 bits per heavy atom. The van der Waals surface area contributed by atoms with Crippen LogP contribution >= 0.6 is 0 Å². The minimum atomic E-state index is -0.378. The van der Waals surface area contributed by atoms with Crippen molar-refractivity contribution in [3.8, 4) is 5.75 Å². The Kier molecular flexibility index (Phi) is 8.71. The van der Waals surface area contributed by atoms with Crippen molar-refractivity contribution in [3.05, 3.63) is 59.9 Å². The van der Waals surface area contributed by atoms with Crippen molar-refractivity contribution in [1.82, 2.24) is 15.5 Å². The van der Waals surface area contributed by atoms with E-state index < -0.39 is 0 Å². The number of amides is 2. The van der Waals surface area contributed by atoms with E-state index in [1.54, 1.807) is 18.2 Å².